The number of aromatic nitrogens is 2. The fourth-order valence-corrected chi connectivity index (χ4v) is 10.1. The van der Waals surface area contributed by atoms with E-state index in [0.29, 0.717) is 35.3 Å². The van der Waals surface area contributed by atoms with Crippen LogP contribution in [0.3, 0.4) is 0 Å². The SMILES string of the molecule is CC(C)C[C@H]1C(=O)O[C@H](Cc2ccc(Cn3ccc(C#N)c3)cc2)C(=O)N(C)[C@@H](CC(C)C)C(=O)O[C@H](C)C(=O)N(C)[C@@H](CC(C)C)C(=O)O[C@H](Cc2ccc(Cn3ccc(C#N)c3)cc2)C(=O)N(C)[C@@H](CC(C)C)C(=O)O[C@H](C)C(=O)N1C. The van der Waals surface area contributed by atoms with Crippen LogP contribution in [-0.4, -0.2) is 153 Å². The molecule has 1 saturated heterocycles. The van der Waals surface area contributed by atoms with Gasteiger partial charge in [0.2, 0.25) is 0 Å². The quantitative estimate of drug-likeness (QED) is 0.0802. The molecule has 8 atom stereocenters. The molecule has 4 amide bonds. The highest BCUT2D eigenvalue weighted by Crippen LogP contribution is 2.25. The van der Waals surface area contributed by atoms with Crippen molar-refractivity contribution < 1.29 is 57.3 Å². The third-order valence-electron chi connectivity index (χ3n) is 14.9. The van der Waals surface area contributed by atoms with E-state index >= 15 is 9.59 Å². The van der Waals surface area contributed by atoms with Gasteiger partial charge in [0.25, 0.3) is 23.6 Å². The average Bonchev–Trinajstić information content (AvgIpc) is 4.22. The summed E-state index contributed by atoms with van der Waals surface area (Å²) in [4.78, 5) is 122. The molecular formula is C64H84N8O12. The highest BCUT2D eigenvalue weighted by atomic mass is 16.6. The van der Waals surface area contributed by atoms with Gasteiger partial charge in [0.15, 0.2) is 24.4 Å². The smallest absolute Gasteiger partial charge is 0.329 e. The summed E-state index contributed by atoms with van der Waals surface area (Å²) in [7, 11) is 5.51. The number of ether oxygens (including phenoxy) is 4. The molecule has 3 heterocycles. The molecule has 4 aromatic rings. The average molecular weight is 1160 g/mol. The number of cyclic esters (lactones) is 4. The standard InChI is InChI=1S/C64H84N8O12/c1-39(2)27-51-61(77)81-43(9)57(73)67(11)54(30-42(7)8)64(80)84-56(32-46-17-21-48(22-18-46)36-72-26-24-50(34-66)38-72)60(76)70(14)52(28-40(3)4)62(78)82-44(10)58(74)68(12)53(29-41(5)6)63(79)83-55(59(75)69(51)13)31-45-15-19-47(20-16-45)35-71-25-23-49(33-65)37-71/h15-26,37-44,51-56H,27-32,35-36H2,1-14H3/t43-,44-,51+,52+,53+,54+,55-,56-/m1/s1. The molecule has 0 aliphatic carbocycles. The van der Waals surface area contributed by atoms with Gasteiger partial charge in [-0.1, -0.05) is 104 Å². The summed E-state index contributed by atoms with van der Waals surface area (Å²) in [6.07, 6.45) is 0.795. The van der Waals surface area contributed by atoms with Crippen LogP contribution in [0.1, 0.15) is 128 Å². The Morgan fingerprint density at radius 3 is 0.929 bits per heavy atom. The van der Waals surface area contributed by atoms with Gasteiger partial charge in [0, 0.05) is 78.9 Å². The van der Waals surface area contributed by atoms with Crippen molar-refractivity contribution >= 4 is 47.5 Å². The zero-order valence-corrected chi connectivity index (χ0v) is 51.1. The highest BCUT2D eigenvalue weighted by Gasteiger charge is 2.43. The lowest BCUT2D eigenvalue weighted by atomic mass is 9.99. The largest absolute Gasteiger partial charge is 0.451 e. The normalized spacial score (nSPS) is 22.5. The Hall–Kier alpha value is -8.26. The maximum absolute atomic E-state index is 15.0. The number of nitrogens with zero attached hydrogens (tertiary/aromatic N) is 8. The first-order valence-corrected chi connectivity index (χ1v) is 28.8. The van der Waals surface area contributed by atoms with Gasteiger partial charge in [-0.05, 0) is 97.6 Å². The maximum Gasteiger partial charge on any atom is 0.329 e. The van der Waals surface area contributed by atoms with Gasteiger partial charge in [0.1, 0.15) is 36.3 Å². The Bertz CT molecular complexity index is 2800. The minimum atomic E-state index is -1.56. The van der Waals surface area contributed by atoms with Crippen molar-refractivity contribution in [1.82, 2.24) is 28.7 Å². The third kappa shape index (κ3) is 18.4. The molecule has 0 N–H and O–H groups in total. The molecule has 5 rings (SSSR count). The third-order valence-corrected chi connectivity index (χ3v) is 14.9. The fraction of sp³-hybridized carbons (Fsp3) is 0.531. The van der Waals surface area contributed by atoms with Crippen LogP contribution in [0.2, 0.25) is 0 Å². The van der Waals surface area contributed by atoms with Crippen LogP contribution >= 0.6 is 0 Å². The van der Waals surface area contributed by atoms with Crippen LogP contribution < -0.4 is 0 Å². The molecular weight excluding hydrogens is 1070 g/mol. The molecule has 0 saturated carbocycles. The summed E-state index contributed by atoms with van der Waals surface area (Å²) in [6, 6.07) is 16.9. The lowest BCUT2D eigenvalue weighted by Crippen LogP contribution is -2.55. The molecule has 0 unspecified atom stereocenters. The van der Waals surface area contributed by atoms with E-state index in [9.17, 15) is 39.3 Å². The highest BCUT2D eigenvalue weighted by molar-refractivity contribution is 5.94. The van der Waals surface area contributed by atoms with Crippen molar-refractivity contribution in [2.45, 2.75) is 169 Å². The second kappa shape index (κ2) is 30.3. The minimum Gasteiger partial charge on any atom is -0.451 e. The van der Waals surface area contributed by atoms with E-state index in [2.05, 4.69) is 12.1 Å². The van der Waals surface area contributed by atoms with Gasteiger partial charge in [-0.25, -0.2) is 19.2 Å². The van der Waals surface area contributed by atoms with Crippen LogP contribution in [-0.2, 0) is 83.2 Å². The molecule has 2 aromatic heterocycles. The first-order chi connectivity index (χ1) is 39.6. The molecule has 0 radical (unpaired) electrons. The Morgan fingerprint density at radius 1 is 0.405 bits per heavy atom. The number of carbonyl (C=O) groups excluding carboxylic acids is 8. The minimum absolute atomic E-state index is 0.0626. The number of amides is 4. The summed E-state index contributed by atoms with van der Waals surface area (Å²) in [5.74, 6) is -7.67. The molecule has 20 nitrogen and oxygen atoms in total. The maximum atomic E-state index is 15.0. The number of hydrogen-bond donors (Lipinski definition) is 0. The molecule has 1 aliphatic rings. The van der Waals surface area contributed by atoms with Crippen LogP contribution in [0, 0.1) is 46.3 Å². The second-order valence-corrected chi connectivity index (χ2v) is 23.8. The number of benzene rings is 2. The first-order valence-electron chi connectivity index (χ1n) is 28.8. The van der Waals surface area contributed by atoms with E-state index in [1.165, 1.54) is 42.0 Å². The van der Waals surface area contributed by atoms with Crippen LogP contribution in [0.25, 0.3) is 0 Å². The molecule has 84 heavy (non-hydrogen) atoms. The van der Waals surface area contributed by atoms with Gasteiger partial charge in [-0.3, -0.25) is 19.2 Å². The Labute approximate surface area is 494 Å². The predicted molar refractivity (Wildman–Crippen MR) is 312 cm³/mol. The van der Waals surface area contributed by atoms with Gasteiger partial charge >= 0.3 is 23.9 Å². The molecule has 20 heteroatoms. The number of esters is 4. The monoisotopic (exact) mass is 1160 g/mol. The summed E-state index contributed by atoms with van der Waals surface area (Å²) in [6.45, 7) is 18.3. The van der Waals surface area contributed by atoms with Crippen molar-refractivity contribution in [3.05, 3.63) is 119 Å². The van der Waals surface area contributed by atoms with E-state index < -0.39 is 96.1 Å². The zero-order valence-electron chi connectivity index (χ0n) is 51.1. The van der Waals surface area contributed by atoms with Crippen molar-refractivity contribution in [2.75, 3.05) is 28.2 Å². The van der Waals surface area contributed by atoms with Crippen LogP contribution in [0.15, 0.2) is 85.5 Å². The Balaban J connectivity index is 1.58. The number of likely N-dealkylation sites (N-methyl/N-ethyl adjacent to an activating group) is 4. The predicted octanol–water partition coefficient (Wildman–Crippen LogP) is 7.11. The lowest BCUT2D eigenvalue weighted by molar-refractivity contribution is -0.176. The van der Waals surface area contributed by atoms with Crippen LogP contribution in [0.4, 0.5) is 0 Å². The topological polar surface area (TPSA) is 244 Å². The molecule has 1 fully saturated rings. The van der Waals surface area contributed by atoms with Crippen molar-refractivity contribution in [3.63, 3.8) is 0 Å². The Morgan fingerprint density at radius 2 is 0.667 bits per heavy atom. The van der Waals surface area contributed by atoms with Crippen LogP contribution in [0.5, 0.6) is 0 Å². The van der Waals surface area contributed by atoms with E-state index in [1.54, 1.807) is 61.2 Å². The van der Waals surface area contributed by atoms with Crippen molar-refractivity contribution in [2.24, 2.45) is 23.7 Å². The zero-order chi connectivity index (χ0) is 62.3. The van der Waals surface area contributed by atoms with Gasteiger partial charge < -0.3 is 47.7 Å². The van der Waals surface area contributed by atoms with E-state index in [0.717, 1.165) is 30.7 Å². The lowest BCUT2D eigenvalue weighted by Gasteiger charge is -2.35. The number of rotatable bonds is 16. The van der Waals surface area contributed by atoms with Crippen molar-refractivity contribution in [3.8, 4) is 12.1 Å². The summed E-state index contributed by atoms with van der Waals surface area (Å²) in [5.41, 5.74) is 3.93. The molecule has 2 aromatic carbocycles. The summed E-state index contributed by atoms with van der Waals surface area (Å²) < 4.78 is 27.9. The van der Waals surface area contributed by atoms with Crippen molar-refractivity contribution in [1.29, 1.82) is 10.5 Å². The van der Waals surface area contributed by atoms with E-state index in [1.807, 2.05) is 88.8 Å². The van der Waals surface area contributed by atoms with E-state index in [-0.39, 0.29) is 62.2 Å². The fourth-order valence-electron chi connectivity index (χ4n) is 10.1. The van der Waals surface area contributed by atoms with Gasteiger partial charge in [0.05, 0.1) is 11.1 Å². The molecule has 1 aliphatic heterocycles. The van der Waals surface area contributed by atoms with E-state index in [4.69, 9.17) is 18.9 Å². The number of carbonyl (C=O) groups is 8. The second-order valence-electron chi connectivity index (χ2n) is 23.8. The molecule has 0 bridgehead atoms. The molecule has 452 valence electrons. The Kier molecular flexibility index (Phi) is 24.0. The first kappa shape index (κ1) is 66.5. The summed E-state index contributed by atoms with van der Waals surface area (Å²) in [5, 5.41) is 18.7. The number of nitriles is 2. The summed E-state index contributed by atoms with van der Waals surface area (Å²) >= 11 is 0. The van der Waals surface area contributed by atoms with Gasteiger partial charge in [-0.2, -0.15) is 10.5 Å². The molecule has 0 spiro atoms. The van der Waals surface area contributed by atoms with Gasteiger partial charge in [-0.15, -0.1) is 0 Å². The number of hydrogen-bond acceptors (Lipinski definition) is 14.